The van der Waals surface area contributed by atoms with E-state index in [0.29, 0.717) is 31.5 Å². The zero-order valence-corrected chi connectivity index (χ0v) is 13.5. The van der Waals surface area contributed by atoms with E-state index in [1.165, 1.54) is 6.07 Å². The molecular weight excluding hydrogens is 325 g/mol. The van der Waals surface area contributed by atoms with Crippen LogP contribution in [0.15, 0.2) is 48.5 Å². The van der Waals surface area contributed by atoms with Gasteiger partial charge >= 0.3 is 5.69 Å². The number of nitrogens with one attached hydrogen (secondary N) is 1. The van der Waals surface area contributed by atoms with E-state index in [1.54, 1.807) is 35.2 Å². The third-order valence-corrected chi connectivity index (χ3v) is 4.35. The molecule has 0 saturated carbocycles. The van der Waals surface area contributed by atoms with Gasteiger partial charge < -0.3 is 10.2 Å². The quantitative estimate of drug-likeness (QED) is 0.683. The van der Waals surface area contributed by atoms with Crippen molar-refractivity contribution in [3.8, 4) is 0 Å². The Morgan fingerprint density at radius 3 is 2.44 bits per heavy atom. The lowest BCUT2D eigenvalue weighted by Crippen LogP contribution is -2.44. The Hall–Kier alpha value is -2.96. The summed E-state index contributed by atoms with van der Waals surface area (Å²) < 4.78 is 13.8. The molecule has 130 valence electrons. The van der Waals surface area contributed by atoms with Crippen molar-refractivity contribution in [1.82, 2.24) is 5.32 Å². The highest BCUT2D eigenvalue weighted by molar-refractivity contribution is 5.94. The highest BCUT2D eigenvalue weighted by Crippen LogP contribution is 2.32. The molecule has 1 aliphatic heterocycles. The van der Waals surface area contributed by atoms with Gasteiger partial charge in [0.2, 0.25) is 5.82 Å². The molecule has 1 aliphatic rings. The van der Waals surface area contributed by atoms with E-state index in [0.717, 1.165) is 6.07 Å². The second-order valence-corrected chi connectivity index (χ2v) is 5.97. The van der Waals surface area contributed by atoms with Crippen molar-refractivity contribution in [3.63, 3.8) is 0 Å². The summed E-state index contributed by atoms with van der Waals surface area (Å²) in [7, 11) is 0. The lowest BCUT2D eigenvalue weighted by molar-refractivity contribution is -0.386. The molecule has 0 unspecified atom stereocenters. The number of benzene rings is 2. The number of hydrogen-bond acceptors (Lipinski definition) is 4. The van der Waals surface area contributed by atoms with E-state index < -0.39 is 16.4 Å². The molecule has 0 atom stereocenters. The number of anilines is 1. The molecule has 6 nitrogen and oxygen atoms in total. The largest absolute Gasteiger partial charge is 0.366 e. The Kier molecular flexibility index (Phi) is 4.92. The molecule has 3 rings (SSSR count). The molecule has 0 radical (unpaired) electrons. The van der Waals surface area contributed by atoms with E-state index in [4.69, 9.17) is 0 Å². The minimum Gasteiger partial charge on any atom is -0.366 e. The van der Waals surface area contributed by atoms with Crippen LogP contribution in [-0.2, 0) is 0 Å². The fourth-order valence-corrected chi connectivity index (χ4v) is 3.06. The molecular formula is C18H18FN3O3. The van der Waals surface area contributed by atoms with Crippen LogP contribution in [0.3, 0.4) is 0 Å². The van der Waals surface area contributed by atoms with Gasteiger partial charge in [-0.05, 0) is 37.1 Å². The standard InChI is InChI=1S/C18H18FN3O3/c19-15-7-4-8-16(17(15)22(24)25)21-11-9-14(10-12-21)20-18(23)13-5-2-1-3-6-13/h1-8,14H,9-12H2,(H,20,23). The number of nitrogens with zero attached hydrogens (tertiary/aromatic N) is 2. The van der Waals surface area contributed by atoms with Crippen LogP contribution >= 0.6 is 0 Å². The summed E-state index contributed by atoms with van der Waals surface area (Å²) in [6.45, 7) is 1.04. The molecule has 1 fully saturated rings. The number of carbonyl (C=O) groups excluding carboxylic acids is 1. The third kappa shape index (κ3) is 3.76. The molecule has 1 saturated heterocycles. The van der Waals surface area contributed by atoms with Crippen molar-refractivity contribution in [3.05, 3.63) is 70.0 Å². The Labute approximate surface area is 144 Å². The van der Waals surface area contributed by atoms with Crippen molar-refractivity contribution in [2.24, 2.45) is 0 Å². The number of rotatable bonds is 4. The van der Waals surface area contributed by atoms with Crippen molar-refractivity contribution < 1.29 is 14.1 Å². The fraction of sp³-hybridized carbons (Fsp3) is 0.278. The van der Waals surface area contributed by atoms with Gasteiger partial charge in [-0.2, -0.15) is 4.39 Å². The zero-order valence-electron chi connectivity index (χ0n) is 13.5. The van der Waals surface area contributed by atoms with Gasteiger partial charge in [-0.3, -0.25) is 14.9 Å². The van der Waals surface area contributed by atoms with E-state index in [2.05, 4.69) is 5.32 Å². The van der Waals surface area contributed by atoms with Crippen LogP contribution in [0, 0.1) is 15.9 Å². The summed E-state index contributed by atoms with van der Waals surface area (Å²) in [5, 5.41) is 14.1. The summed E-state index contributed by atoms with van der Waals surface area (Å²) in [5.74, 6) is -0.960. The number of nitro benzene ring substituents is 1. The normalized spacial score (nSPS) is 15.0. The number of hydrogen-bond donors (Lipinski definition) is 1. The maximum atomic E-state index is 13.8. The monoisotopic (exact) mass is 343 g/mol. The summed E-state index contributed by atoms with van der Waals surface area (Å²) in [4.78, 5) is 24.4. The Morgan fingerprint density at radius 1 is 1.12 bits per heavy atom. The number of halogens is 1. The van der Waals surface area contributed by atoms with Crippen LogP contribution in [0.1, 0.15) is 23.2 Å². The van der Waals surface area contributed by atoms with Crippen molar-refractivity contribution in [2.75, 3.05) is 18.0 Å². The zero-order chi connectivity index (χ0) is 17.8. The molecule has 2 aromatic rings. The minimum absolute atomic E-state index is 0.00317. The van der Waals surface area contributed by atoms with Gasteiger partial charge in [0.25, 0.3) is 5.91 Å². The number of amides is 1. The topological polar surface area (TPSA) is 75.5 Å². The predicted octanol–water partition coefficient (Wildman–Crippen LogP) is 3.13. The molecule has 0 aromatic heterocycles. The van der Waals surface area contributed by atoms with Gasteiger partial charge in [-0.25, -0.2) is 0 Å². The average Bonchev–Trinajstić information content (AvgIpc) is 2.62. The van der Waals surface area contributed by atoms with Crippen molar-refractivity contribution in [2.45, 2.75) is 18.9 Å². The molecule has 0 bridgehead atoms. The van der Waals surface area contributed by atoms with Gasteiger partial charge in [0.1, 0.15) is 5.69 Å². The SMILES string of the molecule is O=C(NC1CCN(c2cccc(F)c2[N+](=O)[O-])CC1)c1ccccc1. The van der Waals surface area contributed by atoms with Gasteiger partial charge in [0, 0.05) is 24.7 Å². The molecule has 1 amide bonds. The predicted molar refractivity (Wildman–Crippen MR) is 92.2 cm³/mol. The first kappa shape index (κ1) is 16.9. The van der Waals surface area contributed by atoms with Crippen LogP contribution < -0.4 is 10.2 Å². The maximum absolute atomic E-state index is 13.8. The summed E-state index contributed by atoms with van der Waals surface area (Å²) in [6, 6.07) is 13.1. The summed E-state index contributed by atoms with van der Waals surface area (Å²) in [5.41, 5.74) is 0.401. The van der Waals surface area contributed by atoms with Crippen LogP contribution in [-0.4, -0.2) is 30.0 Å². The second kappa shape index (κ2) is 7.29. The third-order valence-electron chi connectivity index (χ3n) is 4.35. The molecule has 1 heterocycles. The van der Waals surface area contributed by atoms with E-state index in [9.17, 15) is 19.3 Å². The van der Waals surface area contributed by atoms with Crippen LogP contribution in [0.2, 0.25) is 0 Å². The Morgan fingerprint density at radius 2 is 1.80 bits per heavy atom. The summed E-state index contributed by atoms with van der Waals surface area (Å²) >= 11 is 0. The molecule has 1 N–H and O–H groups in total. The summed E-state index contributed by atoms with van der Waals surface area (Å²) in [6.07, 6.45) is 1.29. The minimum atomic E-state index is -0.831. The van der Waals surface area contributed by atoms with Gasteiger partial charge in [0.15, 0.2) is 0 Å². The first-order valence-electron chi connectivity index (χ1n) is 8.10. The van der Waals surface area contributed by atoms with Crippen LogP contribution in [0.4, 0.5) is 15.8 Å². The van der Waals surface area contributed by atoms with Crippen molar-refractivity contribution in [1.29, 1.82) is 0 Å². The molecule has 7 heteroatoms. The Bertz CT molecular complexity index is 774. The maximum Gasteiger partial charge on any atom is 0.327 e. The smallest absolute Gasteiger partial charge is 0.327 e. The lowest BCUT2D eigenvalue weighted by Gasteiger charge is -2.33. The van der Waals surface area contributed by atoms with E-state index in [1.807, 2.05) is 6.07 Å². The van der Waals surface area contributed by atoms with Gasteiger partial charge in [-0.15, -0.1) is 0 Å². The number of para-hydroxylation sites is 1. The van der Waals surface area contributed by atoms with Crippen LogP contribution in [0.25, 0.3) is 0 Å². The highest BCUT2D eigenvalue weighted by Gasteiger charge is 2.28. The molecule has 2 aromatic carbocycles. The Balaban J connectivity index is 1.64. The first-order valence-corrected chi connectivity index (χ1v) is 8.10. The average molecular weight is 343 g/mol. The van der Waals surface area contributed by atoms with Crippen LogP contribution in [0.5, 0.6) is 0 Å². The fourth-order valence-electron chi connectivity index (χ4n) is 3.06. The highest BCUT2D eigenvalue weighted by atomic mass is 19.1. The first-order chi connectivity index (χ1) is 12.1. The number of nitro groups is 1. The van der Waals surface area contributed by atoms with E-state index in [-0.39, 0.29) is 17.6 Å². The second-order valence-electron chi connectivity index (χ2n) is 5.97. The van der Waals surface area contributed by atoms with Crippen molar-refractivity contribution >= 4 is 17.3 Å². The molecule has 0 spiro atoms. The van der Waals surface area contributed by atoms with Gasteiger partial charge in [0.05, 0.1) is 4.92 Å². The van der Waals surface area contributed by atoms with E-state index >= 15 is 0 Å². The lowest BCUT2D eigenvalue weighted by atomic mass is 10.0. The number of piperidine rings is 1. The molecule has 0 aliphatic carbocycles. The van der Waals surface area contributed by atoms with Gasteiger partial charge in [-0.1, -0.05) is 24.3 Å². The molecule has 25 heavy (non-hydrogen) atoms. The number of carbonyl (C=O) groups is 1.